The lowest BCUT2D eigenvalue weighted by Crippen LogP contribution is -2.16. The number of fused-ring (bicyclic) bond motifs is 1. The van der Waals surface area contributed by atoms with Gasteiger partial charge in [-0.15, -0.1) is 0 Å². The molecule has 3 nitrogen and oxygen atoms in total. The van der Waals surface area contributed by atoms with E-state index in [0.717, 1.165) is 30.6 Å². The Morgan fingerprint density at radius 2 is 2.17 bits per heavy atom. The lowest BCUT2D eigenvalue weighted by molar-refractivity contribution is 0.0565. The van der Waals surface area contributed by atoms with Crippen LogP contribution in [0.15, 0.2) is 36.5 Å². The van der Waals surface area contributed by atoms with Crippen molar-refractivity contribution >= 4 is 15.9 Å². The predicted octanol–water partition coefficient (Wildman–Crippen LogP) is 2.94. The van der Waals surface area contributed by atoms with Gasteiger partial charge in [-0.25, -0.2) is 0 Å². The van der Waals surface area contributed by atoms with Crippen LogP contribution in [0.3, 0.4) is 0 Å². The Labute approximate surface area is 115 Å². The van der Waals surface area contributed by atoms with E-state index in [0.29, 0.717) is 0 Å². The first kappa shape index (κ1) is 11.9. The van der Waals surface area contributed by atoms with E-state index in [4.69, 9.17) is 4.74 Å². The predicted molar refractivity (Wildman–Crippen MR) is 74.0 cm³/mol. The van der Waals surface area contributed by atoms with Crippen molar-refractivity contribution in [1.29, 1.82) is 0 Å². The first-order chi connectivity index (χ1) is 8.86. The van der Waals surface area contributed by atoms with Crippen molar-refractivity contribution in [1.82, 2.24) is 9.78 Å². The average molecular weight is 307 g/mol. The normalized spacial score (nSPS) is 18.6. The Kier molecular flexibility index (Phi) is 3.48. The fourth-order valence-electron chi connectivity index (χ4n) is 2.30. The van der Waals surface area contributed by atoms with Crippen LogP contribution in [0.1, 0.15) is 22.9 Å². The third-order valence-electron chi connectivity index (χ3n) is 3.19. The van der Waals surface area contributed by atoms with Crippen molar-refractivity contribution in [2.24, 2.45) is 0 Å². The van der Waals surface area contributed by atoms with Crippen LogP contribution in [0.2, 0.25) is 0 Å². The molecule has 0 aliphatic carbocycles. The van der Waals surface area contributed by atoms with Crippen LogP contribution in [0.25, 0.3) is 0 Å². The van der Waals surface area contributed by atoms with Crippen LogP contribution in [-0.4, -0.2) is 21.7 Å². The summed E-state index contributed by atoms with van der Waals surface area (Å²) >= 11 is 3.48. The Hall–Kier alpha value is -1.13. The van der Waals surface area contributed by atoms with Gasteiger partial charge in [0.25, 0.3) is 0 Å². The van der Waals surface area contributed by atoms with Crippen LogP contribution in [-0.2, 0) is 17.7 Å². The maximum absolute atomic E-state index is 5.69. The summed E-state index contributed by atoms with van der Waals surface area (Å²) in [6.07, 6.45) is 3.22. The van der Waals surface area contributed by atoms with Gasteiger partial charge in [-0.3, -0.25) is 4.68 Å². The minimum atomic E-state index is 0.103. The van der Waals surface area contributed by atoms with Crippen LogP contribution >= 0.6 is 15.9 Å². The van der Waals surface area contributed by atoms with Gasteiger partial charge in [-0.2, -0.15) is 5.10 Å². The molecule has 0 saturated heterocycles. The number of hydrogen-bond acceptors (Lipinski definition) is 2. The second-order valence-corrected chi connectivity index (χ2v) is 5.13. The van der Waals surface area contributed by atoms with Crippen molar-refractivity contribution in [3.05, 3.63) is 53.3 Å². The number of rotatable bonds is 3. The monoisotopic (exact) mass is 306 g/mol. The summed E-state index contributed by atoms with van der Waals surface area (Å²) in [6.45, 7) is 1.61. The van der Waals surface area contributed by atoms with E-state index in [-0.39, 0.29) is 6.10 Å². The topological polar surface area (TPSA) is 27.1 Å². The summed E-state index contributed by atoms with van der Waals surface area (Å²) in [7, 11) is 0. The van der Waals surface area contributed by atoms with Gasteiger partial charge >= 0.3 is 0 Å². The van der Waals surface area contributed by atoms with E-state index in [2.05, 4.69) is 51.5 Å². The second kappa shape index (κ2) is 5.24. The molecular formula is C14H15BrN2O. The molecule has 18 heavy (non-hydrogen) atoms. The Morgan fingerprint density at radius 1 is 1.33 bits per heavy atom. The zero-order valence-corrected chi connectivity index (χ0v) is 11.6. The molecule has 0 bridgehead atoms. The summed E-state index contributed by atoms with van der Waals surface area (Å²) in [5, 5.41) is 5.47. The number of aromatic nitrogens is 2. The van der Waals surface area contributed by atoms with Gasteiger partial charge in [-0.1, -0.05) is 46.3 Å². The summed E-state index contributed by atoms with van der Waals surface area (Å²) in [5.74, 6) is 0. The Bertz CT molecular complexity index is 524. The molecule has 1 aromatic heterocycles. The van der Waals surface area contributed by atoms with Gasteiger partial charge in [0.1, 0.15) is 6.10 Å². The molecule has 0 N–H and O–H groups in total. The van der Waals surface area contributed by atoms with Crippen LogP contribution in [0.4, 0.5) is 0 Å². The molecule has 2 aromatic rings. The molecule has 0 saturated carbocycles. The van der Waals surface area contributed by atoms with Crippen molar-refractivity contribution in [2.45, 2.75) is 19.1 Å². The summed E-state index contributed by atoms with van der Waals surface area (Å²) in [6, 6.07) is 10.4. The fraction of sp³-hybridized carbons (Fsp3) is 0.357. The van der Waals surface area contributed by atoms with E-state index in [1.807, 2.05) is 10.7 Å². The molecular weight excluding hydrogens is 292 g/mol. The summed E-state index contributed by atoms with van der Waals surface area (Å²) in [5.41, 5.74) is 3.68. The molecule has 1 atom stereocenters. The van der Waals surface area contributed by atoms with Gasteiger partial charge in [0.15, 0.2) is 0 Å². The third-order valence-corrected chi connectivity index (χ3v) is 3.78. The highest BCUT2D eigenvalue weighted by Crippen LogP contribution is 2.27. The molecule has 0 radical (unpaired) electrons. The number of ether oxygens (including phenoxy) is 1. The van der Waals surface area contributed by atoms with Crippen molar-refractivity contribution in [2.75, 3.05) is 11.9 Å². The molecule has 0 spiro atoms. The van der Waals surface area contributed by atoms with E-state index in [1.54, 1.807) is 0 Å². The average Bonchev–Trinajstić information content (AvgIpc) is 2.82. The molecule has 2 heterocycles. The second-order valence-electron chi connectivity index (χ2n) is 4.49. The van der Waals surface area contributed by atoms with Crippen molar-refractivity contribution < 1.29 is 4.74 Å². The number of nitrogens with zero attached hydrogens (tertiary/aromatic N) is 2. The highest BCUT2D eigenvalue weighted by Gasteiger charge is 2.23. The van der Waals surface area contributed by atoms with Gasteiger partial charge < -0.3 is 4.74 Å². The molecule has 1 aliphatic rings. The van der Waals surface area contributed by atoms with Gasteiger partial charge in [0, 0.05) is 11.5 Å². The van der Waals surface area contributed by atoms with E-state index < -0.39 is 0 Å². The van der Waals surface area contributed by atoms with Crippen LogP contribution in [0.5, 0.6) is 0 Å². The number of hydrogen-bond donors (Lipinski definition) is 0. The van der Waals surface area contributed by atoms with Gasteiger partial charge in [0.05, 0.1) is 18.8 Å². The molecule has 0 fully saturated rings. The first-order valence-electron chi connectivity index (χ1n) is 6.14. The molecule has 94 valence electrons. The highest BCUT2D eigenvalue weighted by molar-refractivity contribution is 9.09. The van der Waals surface area contributed by atoms with Gasteiger partial charge in [-0.05, 0) is 17.5 Å². The number of halogens is 1. The summed E-state index contributed by atoms with van der Waals surface area (Å²) < 4.78 is 7.71. The first-order valence-corrected chi connectivity index (χ1v) is 7.26. The Morgan fingerprint density at radius 3 is 2.94 bits per heavy atom. The van der Waals surface area contributed by atoms with E-state index in [9.17, 15) is 0 Å². The van der Waals surface area contributed by atoms with Crippen molar-refractivity contribution in [3.63, 3.8) is 0 Å². The number of benzene rings is 1. The zero-order chi connectivity index (χ0) is 12.4. The molecule has 1 aliphatic heterocycles. The Balaban J connectivity index is 1.84. The van der Waals surface area contributed by atoms with Crippen LogP contribution in [0, 0.1) is 0 Å². The zero-order valence-electron chi connectivity index (χ0n) is 10.1. The smallest absolute Gasteiger partial charge is 0.111 e. The summed E-state index contributed by atoms with van der Waals surface area (Å²) in [4.78, 5) is 0. The molecule has 1 unspecified atom stereocenters. The molecule has 4 heteroatoms. The van der Waals surface area contributed by atoms with Gasteiger partial charge in [0.2, 0.25) is 0 Å². The minimum absolute atomic E-state index is 0.103. The maximum atomic E-state index is 5.69. The van der Waals surface area contributed by atoms with E-state index in [1.165, 1.54) is 11.1 Å². The molecule has 3 rings (SSSR count). The van der Waals surface area contributed by atoms with Crippen LogP contribution < -0.4 is 0 Å². The lowest BCUT2D eigenvalue weighted by atomic mass is 10.1. The quantitative estimate of drug-likeness (QED) is 0.815. The largest absolute Gasteiger partial charge is 0.371 e. The highest BCUT2D eigenvalue weighted by atomic mass is 79.9. The fourth-order valence-corrected chi connectivity index (χ4v) is 2.79. The lowest BCUT2D eigenvalue weighted by Gasteiger charge is -2.19. The van der Waals surface area contributed by atoms with Crippen molar-refractivity contribution in [3.8, 4) is 0 Å². The number of alkyl halides is 1. The maximum Gasteiger partial charge on any atom is 0.111 e. The SMILES string of the molecule is BrCC1OCCc2cn(Cc3ccccc3)nc21. The molecule has 1 aromatic carbocycles. The standard InChI is InChI=1S/C14H15BrN2O/c15-8-13-14-12(6-7-18-13)10-17(16-14)9-11-4-2-1-3-5-11/h1-5,10,13H,6-9H2. The minimum Gasteiger partial charge on any atom is -0.371 e. The molecule has 0 amide bonds. The van der Waals surface area contributed by atoms with E-state index >= 15 is 0 Å². The third kappa shape index (κ3) is 2.35.